The van der Waals surface area contributed by atoms with Crippen molar-refractivity contribution in [2.24, 2.45) is 0 Å². The normalized spacial score (nSPS) is 17.6. The molecule has 1 aliphatic rings. The highest BCUT2D eigenvalue weighted by atomic mass is 16.5. The third kappa shape index (κ3) is 1.41. The second-order valence-corrected chi connectivity index (χ2v) is 4.09. The van der Waals surface area contributed by atoms with Crippen molar-refractivity contribution in [1.82, 2.24) is 9.78 Å². The molecule has 14 heavy (non-hydrogen) atoms. The summed E-state index contributed by atoms with van der Waals surface area (Å²) in [6, 6.07) is 0.609. The zero-order valence-corrected chi connectivity index (χ0v) is 9.21. The second-order valence-electron chi connectivity index (χ2n) is 4.09. The predicted molar refractivity (Wildman–Crippen MR) is 55.8 cm³/mol. The fourth-order valence-corrected chi connectivity index (χ4v) is 2.45. The number of hydrogen-bond acceptors (Lipinski definition) is 2. The van der Waals surface area contributed by atoms with Crippen molar-refractivity contribution < 1.29 is 4.74 Å². The molecule has 3 nitrogen and oxygen atoms in total. The van der Waals surface area contributed by atoms with Crippen molar-refractivity contribution >= 4 is 0 Å². The van der Waals surface area contributed by atoms with E-state index in [0.29, 0.717) is 6.04 Å². The zero-order valence-electron chi connectivity index (χ0n) is 9.21. The van der Waals surface area contributed by atoms with Crippen molar-refractivity contribution in [2.75, 3.05) is 7.11 Å². The number of hydrogen-bond donors (Lipinski definition) is 0. The van der Waals surface area contributed by atoms with Crippen LogP contribution in [0, 0.1) is 13.8 Å². The molecule has 1 heterocycles. The molecule has 0 aromatic carbocycles. The third-order valence-electron chi connectivity index (χ3n) is 3.13. The van der Waals surface area contributed by atoms with E-state index >= 15 is 0 Å². The van der Waals surface area contributed by atoms with E-state index in [0.717, 1.165) is 11.4 Å². The van der Waals surface area contributed by atoms with Crippen LogP contribution < -0.4 is 4.74 Å². The van der Waals surface area contributed by atoms with E-state index in [2.05, 4.69) is 16.7 Å². The number of nitrogens with zero attached hydrogens (tertiary/aromatic N) is 2. The highest BCUT2D eigenvalue weighted by molar-refractivity contribution is 5.32. The van der Waals surface area contributed by atoms with Crippen LogP contribution >= 0.6 is 0 Å². The Balaban J connectivity index is 2.33. The fraction of sp³-hybridized carbons (Fsp3) is 0.727. The Hall–Kier alpha value is -0.990. The molecule has 0 aliphatic heterocycles. The van der Waals surface area contributed by atoms with Crippen LogP contribution in [0.4, 0.5) is 0 Å². The summed E-state index contributed by atoms with van der Waals surface area (Å²) < 4.78 is 7.49. The molecule has 0 unspecified atom stereocenters. The Labute approximate surface area is 85.1 Å². The van der Waals surface area contributed by atoms with Crippen LogP contribution in [0.5, 0.6) is 5.75 Å². The number of rotatable bonds is 2. The molecule has 0 radical (unpaired) electrons. The molecular weight excluding hydrogens is 176 g/mol. The molecule has 1 fully saturated rings. The molecule has 1 aromatic heterocycles. The van der Waals surface area contributed by atoms with E-state index in [1.54, 1.807) is 7.11 Å². The molecule has 2 rings (SSSR count). The molecule has 78 valence electrons. The summed E-state index contributed by atoms with van der Waals surface area (Å²) in [7, 11) is 1.72. The first-order valence-corrected chi connectivity index (χ1v) is 5.33. The molecule has 1 aliphatic carbocycles. The Morgan fingerprint density at radius 2 is 1.93 bits per heavy atom. The van der Waals surface area contributed by atoms with Crippen molar-refractivity contribution in [2.45, 2.75) is 45.6 Å². The molecule has 0 N–H and O–H groups in total. The summed E-state index contributed by atoms with van der Waals surface area (Å²) in [6.07, 6.45) is 5.22. The van der Waals surface area contributed by atoms with Gasteiger partial charge >= 0.3 is 0 Å². The van der Waals surface area contributed by atoms with Crippen LogP contribution in [0.3, 0.4) is 0 Å². The van der Waals surface area contributed by atoms with Crippen LogP contribution in [-0.2, 0) is 0 Å². The lowest BCUT2D eigenvalue weighted by Gasteiger charge is -2.11. The summed E-state index contributed by atoms with van der Waals surface area (Å²) in [5.74, 6) is 0.955. The minimum atomic E-state index is 0.609. The first-order valence-electron chi connectivity index (χ1n) is 5.33. The van der Waals surface area contributed by atoms with Gasteiger partial charge in [-0.1, -0.05) is 12.8 Å². The number of ether oxygens (including phenoxy) is 1. The molecule has 3 heteroatoms. The maximum absolute atomic E-state index is 5.33. The van der Waals surface area contributed by atoms with E-state index in [-0.39, 0.29) is 0 Å². The standard InChI is InChI=1S/C11H18N2O/c1-8-11(14-3)9(2)13(12-8)10-6-4-5-7-10/h10H,4-7H2,1-3H3. The Morgan fingerprint density at radius 1 is 1.29 bits per heavy atom. The van der Waals surface area contributed by atoms with Crippen molar-refractivity contribution in [3.63, 3.8) is 0 Å². The molecule has 1 aromatic rings. The second kappa shape index (κ2) is 3.64. The molecular formula is C11H18N2O. The van der Waals surface area contributed by atoms with Gasteiger partial charge in [-0.3, -0.25) is 4.68 Å². The van der Waals surface area contributed by atoms with Gasteiger partial charge in [0.25, 0.3) is 0 Å². The summed E-state index contributed by atoms with van der Waals surface area (Å²) in [6.45, 7) is 4.11. The SMILES string of the molecule is COc1c(C)nn(C2CCCC2)c1C. The Bertz CT molecular complexity index is 324. The lowest BCUT2D eigenvalue weighted by atomic mass is 10.2. The van der Waals surface area contributed by atoms with E-state index < -0.39 is 0 Å². The topological polar surface area (TPSA) is 27.1 Å². The van der Waals surface area contributed by atoms with Gasteiger partial charge in [-0.15, -0.1) is 0 Å². The summed E-state index contributed by atoms with van der Waals surface area (Å²) in [4.78, 5) is 0. The maximum Gasteiger partial charge on any atom is 0.162 e. The zero-order chi connectivity index (χ0) is 10.1. The smallest absolute Gasteiger partial charge is 0.162 e. The van der Waals surface area contributed by atoms with Crippen molar-refractivity contribution in [3.05, 3.63) is 11.4 Å². The largest absolute Gasteiger partial charge is 0.493 e. The quantitative estimate of drug-likeness (QED) is 0.723. The lowest BCUT2D eigenvalue weighted by molar-refractivity contribution is 0.402. The van der Waals surface area contributed by atoms with Crippen LogP contribution in [0.1, 0.15) is 43.1 Å². The van der Waals surface area contributed by atoms with E-state index in [9.17, 15) is 0 Å². The van der Waals surface area contributed by atoms with Crippen LogP contribution in [0.25, 0.3) is 0 Å². The van der Waals surface area contributed by atoms with Gasteiger partial charge in [0, 0.05) is 0 Å². The van der Waals surface area contributed by atoms with Gasteiger partial charge in [-0.25, -0.2) is 0 Å². The number of aromatic nitrogens is 2. The first-order chi connectivity index (χ1) is 6.74. The maximum atomic E-state index is 5.33. The van der Waals surface area contributed by atoms with Crippen LogP contribution in [-0.4, -0.2) is 16.9 Å². The monoisotopic (exact) mass is 194 g/mol. The number of methoxy groups -OCH3 is 1. The summed E-state index contributed by atoms with van der Waals surface area (Å²) in [5, 5.41) is 4.55. The van der Waals surface area contributed by atoms with Crippen LogP contribution in [0.15, 0.2) is 0 Å². The van der Waals surface area contributed by atoms with E-state index in [1.165, 1.54) is 31.4 Å². The van der Waals surface area contributed by atoms with Crippen LogP contribution in [0.2, 0.25) is 0 Å². The van der Waals surface area contributed by atoms with Gasteiger partial charge in [-0.2, -0.15) is 5.10 Å². The third-order valence-corrected chi connectivity index (χ3v) is 3.13. The van der Waals surface area contributed by atoms with Gasteiger partial charge in [0.15, 0.2) is 5.75 Å². The Kier molecular flexibility index (Phi) is 2.48. The minimum absolute atomic E-state index is 0.609. The predicted octanol–water partition coefficient (Wildman–Crippen LogP) is 2.62. The summed E-state index contributed by atoms with van der Waals surface area (Å²) >= 11 is 0. The molecule has 1 saturated carbocycles. The lowest BCUT2D eigenvalue weighted by Crippen LogP contribution is -2.08. The molecule has 0 saturated heterocycles. The highest BCUT2D eigenvalue weighted by Crippen LogP contribution is 2.33. The van der Waals surface area contributed by atoms with E-state index in [1.807, 2.05) is 6.92 Å². The summed E-state index contributed by atoms with van der Waals surface area (Å²) in [5.41, 5.74) is 2.19. The molecule has 0 amide bonds. The number of aryl methyl sites for hydroxylation is 1. The van der Waals surface area contributed by atoms with Crippen molar-refractivity contribution in [3.8, 4) is 5.75 Å². The van der Waals surface area contributed by atoms with Gasteiger partial charge < -0.3 is 4.74 Å². The average molecular weight is 194 g/mol. The highest BCUT2D eigenvalue weighted by Gasteiger charge is 2.22. The van der Waals surface area contributed by atoms with Gasteiger partial charge in [0.2, 0.25) is 0 Å². The Morgan fingerprint density at radius 3 is 2.43 bits per heavy atom. The average Bonchev–Trinajstić information content (AvgIpc) is 2.74. The van der Waals surface area contributed by atoms with Gasteiger partial charge in [0.1, 0.15) is 5.69 Å². The fourth-order valence-electron chi connectivity index (χ4n) is 2.45. The molecule has 0 spiro atoms. The minimum Gasteiger partial charge on any atom is -0.493 e. The van der Waals surface area contributed by atoms with Gasteiger partial charge in [0.05, 0.1) is 18.8 Å². The van der Waals surface area contributed by atoms with Crippen molar-refractivity contribution in [1.29, 1.82) is 0 Å². The first kappa shape index (κ1) is 9.56. The molecule has 0 bridgehead atoms. The molecule has 0 atom stereocenters. The van der Waals surface area contributed by atoms with Gasteiger partial charge in [-0.05, 0) is 26.7 Å². The van der Waals surface area contributed by atoms with E-state index in [4.69, 9.17) is 4.74 Å².